The van der Waals surface area contributed by atoms with Gasteiger partial charge in [-0.25, -0.2) is 0 Å². The molecule has 5 nitrogen and oxygen atoms in total. The number of benzene rings is 1. The molecule has 0 unspecified atom stereocenters. The number of hydrogen-bond donors (Lipinski definition) is 0. The van der Waals surface area contributed by atoms with E-state index in [-0.39, 0.29) is 23.5 Å². The van der Waals surface area contributed by atoms with E-state index in [1.54, 1.807) is 0 Å². The van der Waals surface area contributed by atoms with E-state index in [9.17, 15) is 13.2 Å². The molecule has 1 aromatic carbocycles. The average Bonchev–Trinajstić information content (AvgIpc) is 2.99. The first-order valence-corrected chi connectivity index (χ1v) is 7.69. The first-order valence-electron chi connectivity index (χ1n) is 7.69. The number of alkyl halides is 3. The quantitative estimate of drug-likeness (QED) is 0.857. The minimum Gasteiger partial charge on any atom is -0.376 e. The van der Waals surface area contributed by atoms with Crippen LogP contribution in [0, 0.1) is 0 Å². The molecule has 130 valence electrons. The van der Waals surface area contributed by atoms with E-state index in [0.29, 0.717) is 19.0 Å². The summed E-state index contributed by atoms with van der Waals surface area (Å²) in [4.78, 5) is 6.38. The maximum absolute atomic E-state index is 12.8. The van der Waals surface area contributed by atoms with E-state index in [1.165, 1.54) is 12.1 Å². The summed E-state index contributed by atoms with van der Waals surface area (Å²) < 4.78 is 49.2. The number of hydrogen-bond acceptors (Lipinski definition) is 5. The van der Waals surface area contributed by atoms with Crippen molar-refractivity contribution >= 4 is 0 Å². The highest BCUT2D eigenvalue weighted by molar-refractivity contribution is 5.55. The van der Waals surface area contributed by atoms with Crippen LogP contribution >= 0.6 is 0 Å². The molecule has 2 atom stereocenters. The Balaban J connectivity index is 1.76. The molecule has 0 radical (unpaired) electrons. The van der Waals surface area contributed by atoms with E-state index in [2.05, 4.69) is 15.0 Å². The number of aromatic nitrogens is 2. The van der Waals surface area contributed by atoms with Gasteiger partial charge in [0.15, 0.2) is 0 Å². The van der Waals surface area contributed by atoms with Gasteiger partial charge in [0.25, 0.3) is 0 Å². The van der Waals surface area contributed by atoms with E-state index >= 15 is 0 Å². The van der Waals surface area contributed by atoms with Crippen molar-refractivity contribution in [3.63, 3.8) is 0 Å². The van der Waals surface area contributed by atoms with Gasteiger partial charge in [0, 0.05) is 18.2 Å². The van der Waals surface area contributed by atoms with Crippen LogP contribution in [0.25, 0.3) is 11.4 Å². The monoisotopic (exact) mass is 341 g/mol. The molecule has 8 heteroatoms. The molecule has 0 N–H and O–H groups in total. The van der Waals surface area contributed by atoms with Crippen molar-refractivity contribution in [1.29, 1.82) is 0 Å². The molecule has 2 aromatic rings. The Bertz CT molecular complexity index is 702. The van der Waals surface area contributed by atoms with Gasteiger partial charge in [-0.05, 0) is 26.0 Å². The molecular formula is C16H18F3N3O2. The summed E-state index contributed by atoms with van der Waals surface area (Å²) in [6, 6.07) is 5.11. The van der Waals surface area contributed by atoms with Gasteiger partial charge >= 0.3 is 6.18 Å². The number of ether oxygens (including phenoxy) is 1. The van der Waals surface area contributed by atoms with Crippen molar-refractivity contribution < 1.29 is 22.4 Å². The third-order valence-electron chi connectivity index (χ3n) is 3.99. The summed E-state index contributed by atoms with van der Waals surface area (Å²) in [5, 5.41) is 3.81. The molecule has 1 saturated heterocycles. The van der Waals surface area contributed by atoms with Crippen LogP contribution in [0.15, 0.2) is 28.8 Å². The predicted molar refractivity (Wildman–Crippen MR) is 80.0 cm³/mol. The minimum atomic E-state index is -4.40. The Hall–Kier alpha value is -1.93. The van der Waals surface area contributed by atoms with Crippen LogP contribution in [0.5, 0.6) is 0 Å². The molecule has 0 saturated carbocycles. The normalized spacial score (nSPS) is 22.7. The van der Waals surface area contributed by atoms with E-state index < -0.39 is 11.7 Å². The third kappa shape index (κ3) is 3.76. The van der Waals surface area contributed by atoms with Gasteiger partial charge in [-0.2, -0.15) is 18.2 Å². The van der Waals surface area contributed by atoms with Crippen LogP contribution in [0.3, 0.4) is 0 Å². The minimum absolute atomic E-state index is 0.118. The molecule has 1 aliphatic heterocycles. The van der Waals surface area contributed by atoms with Gasteiger partial charge in [0.2, 0.25) is 11.7 Å². The summed E-state index contributed by atoms with van der Waals surface area (Å²) in [6.45, 7) is 5.83. The zero-order valence-corrected chi connectivity index (χ0v) is 13.4. The van der Waals surface area contributed by atoms with Crippen LogP contribution in [0.4, 0.5) is 13.2 Å². The van der Waals surface area contributed by atoms with Crippen molar-refractivity contribution in [3.05, 3.63) is 35.7 Å². The number of rotatable bonds is 3. The molecule has 0 aliphatic carbocycles. The fourth-order valence-corrected chi connectivity index (χ4v) is 2.64. The summed E-state index contributed by atoms with van der Waals surface area (Å²) in [5.74, 6) is 0.536. The van der Waals surface area contributed by atoms with Crippen LogP contribution in [0.2, 0.25) is 0 Å². The van der Waals surface area contributed by atoms with Crippen molar-refractivity contribution in [2.45, 2.75) is 38.7 Å². The van der Waals surface area contributed by atoms with Gasteiger partial charge in [-0.3, -0.25) is 4.90 Å². The zero-order chi connectivity index (χ0) is 17.3. The van der Waals surface area contributed by atoms with Crippen molar-refractivity contribution in [2.24, 2.45) is 0 Å². The zero-order valence-electron chi connectivity index (χ0n) is 13.4. The Morgan fingerprint density at radius 2 is 2.08 bits per heavy atom. The number of morpholine rings is 1. The van der Waals surface area contributed by atoms with Crippen LogP contribution in [-0.4, -0.2) is 40.3 Å². The fraction of sp³-hybridized carbons (Fsp3) is 0.500. The van der Waals surface area contributed by atoms with E-state index in [4.69, 9.17) is 9.26 Å². The fourth-order valence-electron chi connectivity index (χ4n) is 2.64. The molecule has 0 spiro atoms. The molecule has 1 aromatic heterocycles. The van der Waals surface area contributed by atoms with Crippen molar-refractivity contribution in [2.75, 3.05) is 13.2 Å². The van der Waals surface area contributed by atoms with Gasteiger partial charge < -0.3 is 9.26 Å². The molecule has 0 bridgehead atoms. The topological polar surface area (TPSA) is 51.4 Å². The highest BCUT2D eigenvalue weighted by atomic mass is 19.4. The molecule has 1 fully saturated rings. The van der Waals surface area contributed by atoms with Crippen LogP contribution < -0.4 is 0 Å². The lowest BCUT2D eigenvalue weighted by atomic mass is 10.1. The highest BCUT2D eigenvalue weighted by Gasteiger charge is 2.31. The van der Waals surface area contributed by atoms with Gasteiger partial charge in [-0.1, -0.05) is 17.3 Å². The lowest BCUT2D eigenvalue weighted by Gasteiger charge is -2.35. The van der Waals surface area contributed by atoms with E-state index in [1.807, 2.05) is 13.8 Å². The predicted octanol–water partition coefficient (Wildman–Crippen LogP) is 3.36. The van der Waals surface area contributed by atoms with Crippen LogP contribution in [0.1, 0.15) is 25.3 Å². The Morgan fingerprint density at radius 1 is 1.29 bits per heavy atom. The second-order valence-electron chi connectivity index (χ2n) is 6.01. The molecular weight excluding hydrogens is 323 g/mol. The Morgan fingerprint density at radius 3 is 2.83 bits per heavy atom. The van der Waals surface area contributed by atoms with Gasteiger partial charge in [0.05, 0.1) is 24.8 Å². The molecule has 0 amide bonds. The summed E-state index contributed by atoms with van der Waals surface area (Å²) in [6.07, 6.45) is -4.28. The second kappa shape index (κ2) is 6.52. The third-order valence-corrected chi connectivity index (χ3v) is 3.99. The maximum atomic E-state index is 12.8. The Labute approximate surface area is 137 Å². The standard InChI is InChI=1S/C16H18F3N3O2/c1-10-9-23-11(2)7-22(10)8-14-20-15(21-24-14)12-4-3-5-13(6-12)16(17,18)19/h3-6,10-11H,7-9H2,1-2H3/t10-,11-/m0/s1. The summed E-state index contributed by atoms with van der Waals surface area (Å²) in [5.41, 5.74) is -0.454. The summed E-state index contributed by atoms with van der Waals surface area (Å²) >= 11 is 0. The van der Waals surface area contributed by atoms with Crippen molar-refractivity contribution in [3.8, 4) is 11.4 Å². The van der Waals surface area contributed by atoms with Gasteiger partial charge in [-0.15, -0.1) is 0 Å². The lowest BCUT2D eigenvalue weighted by molar-refractivity contribution is -0.137. The highest BCUT2D eigenvalue weighted by Crippen LogP contribution is 2.31. The number of nitrogens with zero attached hydrogens (tertiary/aromatic N) is 3. The van der Waals surface area contributed by atoms with Crippen molar-refractivity contribution in [1.82, 2.24) is 15.0 Å². The first-order chi connectivity index (χ1) is 11.3. The second-order valence-corrected chi connectivity index (χ2v) is 6.01. The van der Waals surface area contributed by atoms with Crippen LogP contribution in [-0.2, 0) is 17.5 Å². The summed E-state index contributed by atoms with van der Waals surface area (Å²) in [7, 11) is 0. The van der Waals surface area contributed by atoms with Gasteiger partial charge in [0.1, 0.15) is 0 Å². The molecule has 2 heterocycles. The molecule has 1 aliphatic rings. The first kappa shape index (κ1) is 16.9. The lowest BCUT2D eigenvalue weighted by Crippen LogP contribution is -2.46. The molecule has 24 heavy (non-hydrogen) atoms. The Kier molecular flexibility index (Phi) is 4.60. The average molecular weight is 341 g/mol. The molecule has 3 rings (SSSR count). The number of halogens is 3. The van der Waals surface area contributed by atoms with E-state index in [0.717, 1.165) is 18.7 Å². The SMILES string of the molecule is C[C@H]1CN(Cc2nc(-c3cccc(C(F)(F)F)c3)no2)[C@@H](C)CO1. The largest absolute Gasteiger partial charge is 0.416 e. The maximum Gasteiger partial charge on any atom is 0.416 e. The smallest absolute Gasteiger partial charge is 0.376 e.